The first-order chi connectivity index (χ1) is 5.97. The van der Waals surface area contributed by atoms with Crippen molar-refractivity contribution in [3.8, 4) is 0 Å². The zero-order chi connectivity index (χ0) is 9.90. The lowest BCUT2D eigenvalue weighted by Crippen LogP contribution is -2.31. The van der Waals surface area contributed by atoms with Crippen LogP contribution in [0.3, 0.4) is 0 Å². The zero-order valence-corrected chi connectivity index (χ0v) is 7.75. The van der Waals surface area contributed by atoms with Crippen LogP contribution < -0.4 is 15.0 Å². The normalized spacial score (nSPS) is 11.2. The van der Waals surface area contributed by atoms with E-state index in [1.165, 1.54) is 24.5 Å². The smallest absolute Gasteiger partial charge is 0.225 e. The maximum Gasteiger partial charge on any atom is 0.225 e. The molecule has 13 heavy (non-hydrogen) atoms. The maximum absolute atomic E-state index is 10.6. The summed E-state index contributed by atoms with van der Waals surface area (Å²) in [7, 11) is -3.26. The van der Waals surface area contributed by atoms with E-state index in [0.29, 0.717) is 5.69 Å². The van der Waals surface area contributed by atoms with Gasteiger partial charge in [-0.25, -0.2) is 8.42 Å². The Balaban J connectivity index is 2.61. The minimum Gasteiger partial charge on any atom is -0.308 e. The van der Waals surface area contributed by atoms with Crippen molar-refractivity contribution in [3.63, 3.8) is 0 Å². The lowest BCUT2D eigenvalue weighted by atomic mass is 10.4. The second kappa shape index (κ2) is 3.58. The van der Waals surface area contributed by atoms with Gasteiger partial charge in [-0.3, -0.25) is 5.21 Å². The fraction of sp³-hybridized carbons (Fsp3) is 0.167. The summed E-state index contributed by atoms with van der Waals surface area (Å²) in [4.78, 5) is 2.09. The summed E-state index contributed by atoms with van der Waals surface area (Å²) in [6, 6.07) is 3.02. The van der Waals surface area contributed by atoms with Crippen LogP contribution in [-0.4, -0.2) is 19.9 Å². The Bertz CT molecular complexity index is 373. The highest BCUT2D eigenvalue weighted by molar-refractivity contribution is 7.88. The van der Waals surface area contributed by atoms with Crippen LogP contribution >= 0.6 is 0 Å². The van der Waals surface area contributed by atoms with Crippen molar-refractivity contribution in [2.45, 2.75) is 0 Å². The van der Waals surface area contributed by atoms with Crippen molar-refractivity contribution in [2.24, 2.45) is 0 Å². The highest BCUT2D eigenvalue weighted by Crippen LogP contribution is 1.99. The second-order valence-electron chi connectivity index (χ2n) is 2.47. The molecule has 6 nitrogen and oxygen atoms in total. The van der Waals surface area contributed by atoms with Gasteiger partial charge < -0.3 is 5.43 Å². The Morgan fingerprint density at radius 3 is 2.38 bits per heavy atom. The molecule has 0 amide bonds. The molecule has 0 atom stereocenters. The van der Waals surface area contributed by atoms with Gasteiger partial charge in [0, 0.05) is 16.9 Å². The van der Waals surface area contributed by atoms with Crippen molar-refractivity contribution < 1.29 is 18.4 Å². The number of nitrogens with one attached hydrogen (secondary N) is 2. The first-order valence-electron chi connectivity index (χ1n) is 3.41. The molecule has 0 aliphatic heterocycles. The Kier molecular flexibility index (Phi) is 2.69. The molecule has 7 heteroatoms. The SMILES string of the molecule is CS(=O)(=O)NNc1cc[n+](O)cc1. The van der Waals surface area contributed by atoms with Gasteiger partial charge in [-0.15, -0.1) is 4.83 Å². The summed E-state index contributed by atoms with van der Waals surface area (Å²) in [6.45, 7) is 0. The molecule has 0 spiro atoms. The van der Waals surface area contributed by atoms with Crippen LogP contribution in [0.15, 0.2) is 24.5 Å². The summed E-state index contributed by atoms with van der Waals surface area (Å²) < 4.78 is 22.1. The van der Waals surface area contributed by atoms with E-state index in [9.17, 15) is 8.42 Å². The molecule has 0 bridgehead atoms. The molecule has 0 saturated heterocycles. The second-order valence-corrected chi connectivity index (χ2v) is 4.21. The minimum atomic E-state index is -3.26. The monoisotopic (exact) mass is 204 g/mol. The van der Waals surface area contributed by atoms with Gasteiger partial charge >= 0.3 is 0 Å². The average molecular weight is 204 g/mol. The van der Waals surface area contributed by atoms with Gasteiger partial charge in [0.2, 0.25) is 22.4 Å². The van der Waals surface area contributed by atoms with Gasteiger partial charge in [0.05, 0.1) is 11.9 Å². The third kappa shape index (κ3) is 3.72. The number of rotatable bonds is 3. The van der Waals surface area contributed by atoms with Crippen LogP contribution in [0.1, 0.15) is 0 Å². The molecule has 0 aromatic carbocycles. The van der Waals surface area contributed by atoms with Crippen molar-refractivity contribution in [2.75, 3.05) is 11.7 Å². The first kappa shape index (κ1) is 9.75. The Morgan fingerprint density at radius 2 is 1.92 bits per heavy atom. The largest absolute Gasteiger partial charge is 0.308 e. The van der Waals surface area contributed by atoms with Crippen LogP contribution in [0, 0.1) is 0 Å². The summed E-state index contributed by atoms with van der Waals surface area (Å²) in [5.41, 5.74) is 2.99. The van der Waals surface area contributed by atoms with E-state index in [1.54, 1.807) is 0 Å². The first-order valence-corrected chi connectivity index (χ1v) is 5.30. The van der Waals surface area contributed by atoms with Crippen molar-refractivity contribution >= 4 is 15.7 Å². The molecule has 72 valence electrons. The minimum absolute atomic E-state index is 0.538. The Morgan fingerprint density at radius 1 is 1.38 bits per heavy atom. The number of sulfonamides is 1. The lowest BCUT2D eigenvalue weighted by molar-refractivity contribution is -0.904. The molecular weight excluding hydrogens is 194 g/mol. The predicted molar refractivity (Wildman–Crippen MR) is 45.4 cm³/mol. The zero-order valence-electron chi connectivity index (χ0n) is 6.93. The van der Waals surface area contributed by atoms with Crippen LogP contribution in [-0.2, 0) is 10.0 Å². The van der Waals surface area contributed by atoms with E-state index in [0.717, 1.165) is 11.0 Å². The van der Waals surface area contributed by atoms with Crippen LogP contribution in [0.4, 0.5) is 5.69 Å². The van der Waals surface area contributed by atoms with Crippen molar-refractivity contribution in [1.29, 1.82) is 0 Å². The van der Waals surface area contributed by atoms with Crippen molar-refractivity contribution in [1.82, 2.24) is 4.83 Å². The standard InChI is InChI=1S/C6H9N3O3S/c1-13(11,12)8-7-6-2-4-9(10)5-3-6/h2-5,8,10H,1H3/p+1. The molecule has 0 unspecified atom stereocenters. The topological polar surface area (TPSA) is 82.3 Å². The number of nitrogens with zero attached hydrogens (tertiary/aromatic N) is 1. The predicted octanol–water partition coefficient (Wildman–Crippen LogP) is -0.912. The molecule has 0 aliphatic carbocycles. The Labute approximate surface area is 75.8 Å². The number of anilines is 1. The number of aromatic nitrogens is 1. The molecule has 3 N–H and O–H groups in total. The quantitative estimate of drug-likeness (QED) is 0.338. The van der Waals surface area contributed by atoms with E-state index in [-0.39, 0.29) is 0 Å². The van der Waals surface area contributed by atoms with Gasteiger partial charge in [0.25, 0.3) is 0 Å². The summed E-state index contributed by atoms with van der Waals surface area (Å²) in [6.07, 6.45) is 3.77. The van der Waals surface area contributed by atoms with Crippen LogP contribution in [0.25, 0.3) is 0 Å². The van der Waals surface area contributed by atoms with E-state index in [4.69, 9.17) is 5.21 Å². The summed E-state index contributed by atoms with van der Waals surface area (Å²) in [5.74, 6) is 0. The van der Waals surface area contributed by atoms with Crippen LogP contribution in [0.2, 0.25) is 0 Å². The molecule has 0 fully saturated rings. The number of hydrazine groups is 1. The van der Waals surface area contributed by atoms with Gasteiger partial charge in [-0.1, -0.05) is 0 Å². The third-order valence-corrected chi connectivity index (χ3v) is 1.67. The highest BCUT2D eigenvalue weighted by atomic mass is 32.2. The van der Waals surface area contributed by atoms with E-state index in [1.807, 2.05) is 0 Å². The van der Waals surface area contributed by atoms with Gasteiger partial charge in [-0.05, 0) is 0 Å². The molecule has 0 radical (unpaired) electrons. The molecule has 1 aromatic heterocycles. The van der Waals surface area contributed by atoms with Crippen molar-refractivity contribution in [3.05, 3.63) is 24.5 Å². The highest BCUT2D eigenvalue weighted by Gasteiger charge is 2.00. The number of pyridine rings is 1. The van der Waals surface area contributed by atoms with Gasteiger partial charge in [-0.2, -0.15) is 0 Å². The fourth-order valence-corrected chi connectivity index (χ4v) is 0.957. The fourth-order valence-electron chi connectivity index (χ4n) is 0.654. The third-order valence-electron chi connectivity index (χ3n) is 1.19. The van der Waals surface area contributed by atoms with E-state index >= 15 is 0 Å². The number of hydrogen-bond acceptors (Lipinski definition) is 4. The van der Waals surface area contributed by atoms with Gasteiger partial charge in [0.15, 0.2) is 0 Å². The van der Waals surface area contributed by atoms with E-state index < -0.39 is 10.0 Å². The van der Waals surface area contributed by atoms with E-state index in [2.05, 4.69) is 10.3 Å². The average Bonchev–Trinajstić information content (AvgIpc) is 2.02. The molecule has 1 rings (SSSR count). The maximum atomic E-state index is 10.6. The molecule has 1 heterocycles. The number of hydrogen-bond donors (Lipinski definition) is 3. The van der Waals surface area contributed by atoms with Gasteiger partial charge in [0.1, 0.15) is 0 Å². The molecular formula is C6H10N3O3S+. The molecule has 1 aromatic rings. The lowest BCUT2D eigenvalue weighted by Gasteiger charge is -2.03. The molecule has 0 saturated carbocycles. The summed E-state index contributed by atoms with van der Waals surface area (Å²) >= 11 is 0. The van der Waals surface area contributed by atoms with Crippen LogP contribution in [0.5, 0.6) is 0 Å². The molecule has 0 aliphatic rings. The Hall–Kier alpha value is -1.34. The summed E-state index contributed by atoms with van der Waals surface area (Å²) in [5, 5.41) is 8.83.